The van der Waals surface area contributed by atoms with Gasteiger partial charge in [-0.25, -0.2) is 9.37 Å². The molecule has 1 aromatic carbocycles. The molecule has 0 aliphatic heterocycles. The van der Waals surface area contributed by atoms with Crippen LogP contribution in [0.25, 0.3) is 0 Å². The first-order chi connectivity index (χ1) is 10.6. The fourth-order valence-corrected chi connectivity index (χ4v) is 3.50. The summed E-state index contributed by atoms with van der Waals surface area (Å²) in [5, 5.41) is 11.8. The van der Waals surface area contributed by atoms with Crippen molar-refractivity contribution in [2.24, 2.45) is 0 Å². The topological polar surface area (TPSA) is 51.8 Å². The second kappa shape index (κ2) is 6.76. The van der Waals surface area contributed by atoms with Crippen LogP contribution in [0.15, 0.2) is 33.2 Å². The number of aryl methyl sites for hydroxylation is 1. The molecule has 0 aliphatic rings. The van der Waals surface area contributed by atoms with E-state index in [1.165, 1.54) is 23.9 Å². The van der Waals surface area contributed by atoms with Crippen LogP contribution in [-0.2, 0) is 12.2 Å². The van der Waals surface area contributed by atoms with Gasteiger partial charge in [0, 0.05) is 16.2 Å². The number of aromatic nitrogens is 3. The van der Waals surface area contributed by atoms with Crippen LogP contribution in [0.2, 0.25) is 5.02 Å². The van der Waals surface area contributed by atoms with Crippen molar-refractivity contribution < 1.29 is 8.81 Å². The standard InChI is InChI=1S/C14H11ClFN3OS2/c1-8-17-11(7-21-8)5-13-18-19-14(20-13)22-6-9-2-3-10(16)4-12(9)15/h2-4,7H,5-6H2,1H3. The number of hydrogen-bond acceptors (Lipinski definition) is 6. The molecule has 8 heteroatoms. The van der Waals surface area contributed by atoms with Crippen LogP contribution in [0.4, 0.5) is 4.39 Å². The molecular weight excluding hydrogens is 345 g/mol. The molecule has 4 nitrogen and oxygen atoms in total. The van der Waals surface area contributed by atoms with Gasteiger partial charge in [-0.1, -0.05) is 29.4 Å². The number of hydrogen-bond donors (Lipinski definition) is 0. The summed E-state index contributed by atoms with van der Waals surface area (Å²) in [7, 11) is 0. The van der Waals surface area contributed by atoms with Gasteiger partial charge in [-0.05, 0) is 24.6 Å². The third-order valence-corrected chi connectivity index (χ3v) is 4.85. The summed E-state index contributed by atoms with van der Waals surface area (Å²) < 4.78 is 18.6. The molecule has 0 amide bonds. The molecular formula is C14H11ClFN3OS2. The highest BCUT2D eigenvalue weighted by Crippen LogP contribution is 2.26. The largest absolute Gasteiger partial charge is 0.416 e. The third-order valence-electron chi connectivity index (χ3n) is 2.81. The van der Waals surface area contributed by atoms with E-state index in [9.17, 15) is 4.39 Å². The first-order valence-electron chi connectivity index (χ1n) is 6.40. The van der Waals surface area contributed by atoms with E-state index in [1.54, 1.807) is 17.4 Å². The molecule has 0 atom stereocenters. The summed E-state index contributed by atoms with van der Waals surface area (Å²) in [6.45, 7) is 1.95. The predicted octanol–water partition coefficient (Wildman–Crippen LogP) is 4.51. The van der Waals surface area contributed by atoms with Crippen LogP contribution in [0.1, 0.15) is 22.2 Å². The number of benzene rings is 1. The SMILES string of the molecule is Cc1nc(Cc2nnc(SCc3ccc(F)cc3Cl)o2)cs1. The van der Waals surface area contributed by atoms with E-state index >= 15 is 0 Å². The molecule has 0 bridgehead atoms. The van der Waals surface area contributed by atoms with Crippen molar-refractivity contribution in [2.45, 2.75) is 24.3 Å². The molecule has 0 fully saturated rings. The molecule has 3 rings (SSSR count). The van der Waals surface area contributed by atoms with Gasteiger partial charge in [-0.3, -0.25) is 0 Å². The van der Waals surface area contributed by atoms with Gasteiger partial charge in [0.1, 0.15) is 5.82 Å². The van der Waals surface area contributed by atoms with E-state index in [2.05, 4.69) is 15.2 Å². The fourth-order valence-electron chi connectivity index (χ4n) is 1.79. The van der Waals surface area contributed by atoms with E-state index in [0.29, 0.717) is 28.3 Å². The second-order valence-electron chi connectivity index (χ2n) is 4.52. The minimum absolute atomic E-state index is 0.350. The van der Waals surface area contributed by atoms with Crippen molar-refractivity contribution >= 4 is 34.7 Å². The first-order valence-corrected chi connectivity index (χ1v) is 8.64. The highest BCUT2D eigenvalue weighted by molar-refractivity contribution is 7.98. The zero-order chi connectivity index (χ0) is 15.5. The van der Waals surface area contributed by atoms with Gasteiger partial charge >= 0.3 is 0 Å². The molecule has 114 valence electrons. The number of thioether (sulfide) groups is 1. The maximum Gasteiger partial charge on any atom is 0.276 e. The minimum Gasteiger partial charge on any atom is -0.416 e. The smallest absolute Gasteiger partial charge is 0.276 e. The number of rotatable bonds is 5. The molecule has 3 aromatic rings. The quantitative estimate of drug-likeness (QED) is 0.630. The Balaban J connectivity index is 1.62. The summed E-state index contributed by atoms with van der Waals surface area (Å²) in [4.78, 5) is 4.36. The van der Waals surface area contributed by atoms with Crippen LogP contribution >= 0.6 is 34.7 Å². The lowest BCUT2D eigenvalue weighted by molar-refractivity contribution is 0.419. The van der Waals surface area contributed by atoms with Crippen molar-refractivity contribution in [3.63, 3.8) is 0 Å². The summed E-state index contributed by atoms with van der Waals surface area (Å²) in [6, 6.07) is 4.33. The lowest BCUT2D eigenvalue weighted by atomic mass is 10.2. The molecule has 0 unspecified atom stereocenters. The number of halogens is 2. The normalized spacial score (nSPS) is 11.0. The highest BCUT2D eigenvalue weighted by Gasteiger charge is 2.11. The van der Waals surface area contributed by atoms with Gasteiger partial charge in [0.15, 0.2) is 0 Å². The van der Waals surface area contributed by atoms with E-state index < -0.39 is 0 Å². The van der Waals surface area contributed by atoms with Crippen molar-refractivity contribution in [1.82, 2.24) is 15.2 Å². The Morgan fingerprint density at radius 3 is 2.95 bits per heavy atom. The predicted molar refractivity (Wildman–Crippen MR) is 84.9 cm³/mol. The molecule has 2 heterocycles. The van der Waals surface area contributed by atoms with Gasteiger partial charge in [-0.2, -0.15) is 0 Å². The Labute approximate surface area is 139 Å². The second-order valence-corrected chi connectivity index (χ2v) is 6.92. The number of nitrogens with zero attached hydrogens (tertiary/aromatic N) is 3. The summed E-state index contributed by atoms with van der Waals surface area (Å²) in [5.74, 6) is 0.715. The van der Waals surface area contributed by atoms with Gasteiger partial charge in [0.2, 0.25) is 5.89 Å². The van der Waals surface area contributed by atoms with E-state index in [-0.39, 0.29) is 5.82 Å². The van der Waals surface area contributed by atoms with Crippen LogP contribution < -0.4 is 0 Å². The van der Waals surface area contributed by atoms with Crippen LogP contribution in [-0.4, -0.2) is 15.2 Å². The van der Waals surface area contributed by atoms with Crippen LogP contribution in [0, 0.1) is 12.7 Å². The Morgan fingerprint density at radius 1 is 1.36 bits per heavy atom. The Kier molecular flexibility index (Phi) is 4.75. The maximum absolute atomic E-state index is 13.0. The third kappa shape index (κ3) is 3.85. The zero-order valence-corrected chi connectivity index (χ0v) is 13.9. The minimum atomic E-state index is -0.350. The van der Waals surface area contributed by atoms with Crippen LogP contribution in [0.5, 0.6) is 0 Å². The molecule has 0 spiro atoms. The van der Waals surface area contributed by atoms with Crippen molar-refractivity contribution in [3.05, 3.63) is 56.6 Å². The Bertz CT molecular complexity index is 790. The number of thiazole rings is 1. The molecule has 0 radical (unpaired) electrons. The molecule has 0 saturated heterocycles. The van der Waals surface area contributed by atoms with E-state index in [4.69, 9.17) is 16.0 Å². The first kappa shape index (κ1) is 15.5. The fraction of sp³-hybridized carbons (Fsp3) is 0.214. The highest BCUT2D eigenvalue weighted by atomic mass is 35.5. The van der Waals surface area contributed by atoms with E-state index in [0.717, 1.165) is 16.3 Å². The summed E-state index contributed by atoms with van der Waals surface area (Å²) in [6.07, 6.45) is 0.523. The Hall–Kier alpha value is -1.44. The van der Waals surface area contributed by atoms with Crippen LogP contribution in [0.3, 0.4) is 0 Å². The summed E-state index contributed by atoms with van der Waals surface area (Å²) >= 11 is 8.94. The Morgan fingerprint density at radius 2 is 2.23 bits per heavy atom. The molecule has 0 aliphatic carbocycles. The average Bonchev–Trinajstić information content (AvgIpc) is 3.08. The van der Waals surface area contributed by atoms with Crippen molar-refractivity contribution in [3.8, 4) is 0 Å². The maximum atomic E-state index is 13.0. The zero-order valence-electron chi connectivity index (χ0n) is 11.5. The molecule has 22 heavy (non-hydrogen) atoms. The lowest BCUT2D eigenvalue weighted by Crippen LogP contribution is -1.88. The monoisotopic (exact) mass is 355 g/mol. The van der Waals surface area contributed by atoms with Crippen molar-refractivity contribution in [2.75, 3.05) is 0 Å². The van der Waals surface area contributed by atoms with Crippen molar-refractivity contribution in [1.29, 1.82) is 0 Å². The molecule has 0 saturated carbocycles. The molecule has 2 aromatic heterocycles. The summed E-state index contributed by atoms with van der Waals surface area (Å²) in [5.41, 5.74) is 1.74. The lowest BCUT2D eigenvalue weighted by Gasteiger charge is -2.01. The van der Waals surface area contributed by atoms with Gasteiger partial charge in [0.05, 0.1) is 17.1 Å². The van der Waals surface area contributed by atoms with Gasteiger partial charge in [-0.15, -0.1) is 21.5 Å². The van der Waals surface area contributed by atoms with Gasteiger partial charge in [0.25, 0.3) is 5.22 Å². The van der Waals surface area contributed by atoms with E-state index in [1.807, 2.05) is 12.3 Å². The van der Waals surface area contributed by atoms with Gasteiger partial charge < -0.3 is 4.42 Å². The molecule has 0 N–H and O–H groups in total. The average molecular weight is 356 g/mol.